The first-order valence-corrected chi connectivity index (χ1v) is 18.4. The van der Waals surface area contributed by atoms with E-state index in [2.05, 4.69) is 217 Å². The molecule has 0 unspecified atom stereocenters. The molecule has 0 bridgehead atoms. The van der Waals surface area contributed by atoms with E-state index in [1.807, 2.05) is 0 Å². The summed E-state index contributed by atoms with van der Waals surface area (Å²) in [4.78, 5) is 2.31. The highest BCUT2D eigenvalue weighted by Crippen LogP contribution is 2.47. The fraction of sp³-hybridized carbons (Fsp3) is 0. The van der Waals surface area contributed by atoms with Crippen LogP contribution in [-0.4, -0.2) is 0 Å². The maximum Gasteiger partial charge on any atom is 0.143 e. The summed E-state index contributed by atoms with van der Waals surface area (Å²) in [5.74, 6) is 0.873. The van der Waals surface area contributed by atoms with Gasteiger partial charge in [-0.05, 0) is 92.5 Å². The topological polar surface area (TPSA) is 16.4 Å². The number of nitrogens with zero attached hydrogens (tertiary/aromatic N) is 1. The fourth-order valence-corrected chi connectivity index (χ4v) is 7.89. The molecule has 1 aromatic heterocycles. The number of rotatable bonds is 7. The van der Waals surface area contributed by atoms with Gasteiger partial charge in [-0.1, -0.05) is 164 Å². The monoisotopic (exact) mass is 689 g/mol. The summed E-state index contributed by atoms with van der Waals surface area (Å²) in [6.45, 7) is 0. The first-order chi connectivity index (χ1) is 26.8. The molecule has 0 aliphatic heterocycles. The van der Waals surface area contributed by atoms with E-state index in [0.717, 1.165) is 55.9 Å². The molecule has 54 heavy (non-hydrogen) atoms. The van der Waals surface area contributed by atoms with Gasteiger partial charge in [-0.15, -0.1) is 0 Å². The Bertz CT molecular complexity index is 2880. The van der Waals surface area contributed by atoms with Crippen molar-refractivity contribution in [1.82, 2.24) is 0 Å². The molecular formula is C52H35NO. The van der Waals surface area contributed by atoms with Gasteiger partial charge >= 0.3 is 0 Å². The average Bonchev–Trinajstić information content (AvgIpc) is 3.67. The average molecular weight is 690 g/mol. The second kappa shape index (κ2) is 13.4. The molecule has 0 amide bonds. The minimum Gasteiger partial charge on any atom is -0.455 e. The minimum absolute atomic E-state index is 0.873. The molecule has 0 N–H and O–H groups in total. The molecule has 9 aromatic carbocycles. The van der Waals surface area contributed by atoms with Crippen LogP contribution in [0.15, 0.2) is 217 Å². The van der Waals surface area contributed by atoms with Crippen molar-refractivity contribution >= 4 is 49.6 Å². The smallest absolute Gasteiger partial charge is 0.143 e. The Hall–Kier alpha value is -7.16. The van der Waals surface area contributed by atoms with Crippen molar-refractivity contribution in [3.05, 3.63) is 212 Å². The largest absolute Gasteiger partial charge is 0.455 e. The summed E-state index contributed by atoms with van der Waals surface area (Å²) in [5, 5.41) is 5.90. The van der Waals surface area contributed by atoms with Crippen LogP contribution in [-0.2, 0) is 0 Å². The molecule has 2 nitrogen and oxygen atoms in total. The highest BCUT2D eigenvalue weighted by Gasteiger charge is 2.23. The minimum atomic E-state index is 0.873. The molecule has 0 atom stereocenters. The van der Waals surface area contributed by atoms with Crippen molar-refractivity contribution in [2.75, 3.05) is 4.90 Å². The quantitative estimate of drug-likeness (QED) is 0.155. The predicted octanol–water partition coefficient (Wildman–Crippen LogP) is 14.9. The molecule has 1 heterocycles. The van der Waals surface area contributed by atoms with Gasteiger partial charge < -0.3 is 9.32 Å². The van der Waals surface area contributed by atoms with Crippen LogP contribution in [0.2, 0.25) is 0 Å². The summed E-state index contributed by atoms with van der Waals surface area (Å²) in [6, 6.07) is 75.5. The molecule has 0 radical (unpaired) electrons. The third kappa shape index (κ3) is 5.53. The van der Waals surface area contributed by atoms with Gasteiger partial charge in [0.25, 0.3) is 0 Å². The van der Waals surface area contributed by atoms with E-state index in [1.54, 1.807) is 0 Å². The fourth-order valence-electron chi connectivity index (χ4n) is 7.89. The van der Waals surface area contributed by atoms with Crippen LogP contribution in [0.1, 0.15) is 0 Å². The second-order valence-electron chi connectivity index (χ2n) is 13.7. The van der Waals surface area contributed by atoms with Crippen LogP contribution in [0.3, 0.4) is 0 Å². The Morgan fingerprint density at radius 3 is 1.20 bits per heavy atom. The van der Waals surface area contributed by atoms with Gasteiger partial charge in [0.15, 0.2) is 0 Å². The first-order valence-electron chi connectivity index (χ1n) is 18.4. The maximum atomic E-state index is 7.00. The van der Waals surface area contributed by atoms with Crippen molar-refractivity contribution in [3.8, 4) is 44.7 Å². The normalized spacial score (nSPS) is 11.3. The number of anilines is 3. The van der Waals surface area contributed by atoms with Gasteiger partial charge in [0.2, 0.25) is 0 Å². The molecule has 10 rings (SSSR count). The molecule has 0 fully saturated rings. The van der Waals surface area contributed by atoms with Gasteiger partial charge in [0.1, 0.15) is 11.3 Å². The molecular weight excluding hydrogens is 655 g/mol. The second-order valence-corrected chi connectivity index (χ2v) is 13.7. The van der Waals surface area contributed by atoms with E-state index in [9.17, 15) is 0 Å². The van der Waals surface area contributed by atoms with Crippen molar-refractivity contribution in [2.24, 2.45) is 0 Å². The van der Waals surface area contributed by atoms with E-state index in [0.29, 0.717) is 0 Å². The van der Waals surface area contributed by atoms with Gasteiger partial charge in [0, 0.05) is 39.0 Å². The number of furan rings is 1. The first kappa shape index (κ1) is 31.6. The van der Waals surface area contributed by atoms with Crippen LogP contribution in [0.4, 0.5) is 17.1 Å². The molecule has 2 heteroatoms. The van der Waals surface area contributed by atoms with E-state index in [4.69, 9.17) is 4.42 Å². The molecule has 0 spiro atoms. The predicted molar refractivity (Wildman–Crippen MR) is 228 cm³/mol. The van der Waals surface area contributed by atoms with Crippen LogP contribution in [0.25, 0.3) is 77.2 Å². The van der Waals surface area contributed by atoms with Gasteiger partial charge in [-0.3, -0.25) is 0 Å². The summed E-state index contributed by atoms with van der Waals surface area (Å²) in [6.07, 6.45) is 0. The Morgan fingerprint density at radius 2 is 0.648 bits per heavy atom. The molecule has 0 saturated carbocycles. The summed E-state index contributed by atoms with van der Waals surface area (Å²) >= 11 is 0. The summed E-state index contributed by atoms with van der Waals surface area (Å²) in [5.41, 5.74) is 12.3. The van der Waals surface area contributed by atoms with E-state index in [1.165, 1.54) is 38.4 Å². The van der Waals surface area contributed by atoms with E-state index in [-0.39, 0.29) is 0 Å². The van der Waals surface area contributed by atoms with Crippen LogP contribution in [0.5, 0.6) is 0 Å². The van der Waals surface area contributed by atoms with Crippen molar-refractivity contribution < 1.29 is 4.42 Å². The Morgan fingerprint density at radius 1 is 0.278 bits per heavy atom. The number of fused-ring (bicyclic) bond motifs is 6. The van der Waals surface area contributed by atoms with Crippen LogP contribution >= 0.6 is 0 Å². The van der Waals surface area contributed by atoms with Crippen LogP contribution < -0.4 is 4.90 Å². The third-order valence-corrected chi connectivity index (χ3v) is 10.5. The number of para-hydroxylation sites is 1. The molecule has 10 aromatic rings. The summed E-state index contributed by atoms with van der Waals surface area (Å²) < 4.78 is 7.00. The van der Waals surface area contributed by atoms with Crippen molar-refractivity contribution in [2.45, 2.75) is 0 Å². The Balaban J connectivity index is 1.06. The molecule has 0 aliphatic rings. The van der Waals surface area contributed by atoms with Crippen molar-refractivity contribution in [3.63, 3.8) is 0 Å². The van der Waals surface area contributed by atoms with Gasteiger partial charge in [0.05, 0.1) is 0 Å². The van der Waals surface area contributed by atoms with Crippen molar-refractivity contribution in [1.29, 1.82) is 0 Å². The zero-order valence-electron chi connectivity index (χ0n) is 29.6. The number of benzene rings is 9. The molecule has 0 saturated heterocycles. The number of hydrogen-bond acceptors (Lipinski definition) is 2. The lowest BCUT2D eigenvalue weighted by Gasteiger charge is -2.26. The Kier molecular flexibility index (Phi) is 7.85. The maximum absolute atomic E-state index is 7.00. The highest BCUT2D eigenvalue weighted by molar-refractivity contribution is 6.28. The van der Waals surface area contributed by atoms with E-state index < -0.39 is 0 Å². The lowest BCUT2D eigenvalue weighted by molar-refractivity contribution is 0.636. The number of hydrogen-bond donors (Lipinski definition) is 0. The zero-order valence-corrected chi connectivity index (χ0v) is 29.6. The third-order valence-electron chi connectivity index (χ3n) is 10.5. The van der Waals surface area contributed by atoms with E-state index >= 15 is 0 Å². The van der Waals surface area contributed by atoms with Gasteiger partial charge in [-0.25, -0.2) is 0 Å². The lowest BCUT2D eigenvalue weighted by Crippen LogP contribution is -2.09. The molecule has 0 aliphatic carbocycles. The van der Waals surface area contributed by atoms with Crippen LogP contribution in [0, 0.1) is 0 Å². The summed E-state index contributed by atoms with van der Waals surface area (Å²) in [7, 11) is 0. The zero-order chi connectivity index (χ0) is 35.8. The van der Waals surface area contributed by atoms with Gasteiger partial charge in [-0.2, -0.15) is 0 Å². The SMILES string of the molecule is c1ccc(-c2ccc(-c3ccc(N(c4ccccc4)c4ccc(-c5oc6c7ccccc7c7ccccc7c6c5-c5ccccc5)cc4)cc3)cc2)cc1. The highest BCUT2D eigenvalue weighted by atomic mass is 16.3. The lowest BCUT2D eigenvalue weighted by atomic mass is 9.92. The Labute approximate surface area is 314 Å². The molecule has 254 valence electrons. The standard InChI is InChI=1S/C52H35NO/c1-4-14-36(15-5-1)37-24-26-38(27-25-37)39-28-32-43(33-29-39)53(42-18-8-3-9-19-42)44-34-30-41(31-35-44)51-49(40-16-6-2-7-17-40)50-47-22-12-10-20-45(47)46-21-11-13-23-48(46)52(50)54-51/h1-35H.